The van der Waals surface area contributed by atoms with Crippen LogP contribution < -0.4 is 5.73 Å². The van der Waals surface area contributed by atoms with E-state index in [0.717, 1.165) is 5.56 Å². The summed E-state index contributed by atoms with van der Waals surface area (Å²) in [6, 6.07) is 10.5. The molecule has 0 bridgehead atoms. The van der Waals surface area contributed by atoms with E-state index in [0.29, 0.717) is 5.84 Å². The van der Waals surface area contributed by atoms with Crippen LogP contribution in [-0.4, -0.2) is 12.9 Å². The van der Waals surface area contributed by atoms with E-state index in [9.17, 15) is 0 Å². The summed E-state index contributed by atoms with van der Waals surface area (Å²) in [4.78, 5) is 4.06. The molecule has 3 rings (SSSR count). The van der Waals surface area contributed by atoms with E-state index in [1.165, 1.54) is 21.9 Å². The van der Waals surface area contributed by atoms with Gasteiger partial charge in [-0.2, -0.15) is 0 Å². The summed E-state index contributed by atoms with van der Waals surface area (Å²) in [6.07, 6.45) is 4.25. The second-order valence-corrected chi connectivity index (χ2v) is 3.91. The van der Waals surface area contributed by atoms with Crippen molar-refractivity contribution in [3.63, 3.8) is 0 Å². The highest BCUT2D eigenvalue weighted by atomic mass is 14.8. The van der Waals surface area contributed by atoms with Crippen LogP contribution in [0.2, 0.25) is 0 Å². The van der Waals surface area contributed by atoms with Crippen LogP contribution in [0.5, 0.6) is 0 Å². The fourth-order valence-electron chi connectivity index (χ4n) is 2.27. The Bertz CT molecular complexity index is 636. The van der Waals surface area contributed by atoms with Crippen molar-refractivity contribution >= 4 is 28.8 Å². The van der Waals surface area contributed by atoms with Crippen molar-refractivity contribution in [2.75, 3.05) is 7.05 Å². The summed E-state index contributed by atoms with van der Waals surface area (Å²) in [5, 5.41) is 2.54. The average Bonchev–Trinajstić information content (AvgIpc) is 2.75. The summed E-state index contributed by atoms with van der Waals surface area (Å²) in [5.41, 5.74) is 9.38. The number of aliphatic imine (C=N–C) groups is 1. The maximum absolute atomic E-state index is 5.90. The fourth-order valence-corrected chi connectivity index (χ4v) is 2.27. The SMILES string of the molecule is CN=C(N)c1ccc2cccc3c2c1C=C3. The molecular formula is C14H12N2. The summed E-state index contributed by atoms with van der Waals surface area (Å²) >= 11 is 0. The standard InChI is InChI=1S/C14H12N2/c1-16-14(15)12-8-6-10-4-2-3-9-5-7-11(12)13(9)10/h2-8H,1H3,(H2,15,16). The van der Waals surface area contributed by atoms with Crippen molar-refractivity contribution in [1.82, 2.24) is 0 Å². The van der Waals surface area contributed by atoms with Crippen LogP contribution in [0, 0.1) is 0 Å². The lowest BCUT2D eigenvalue weighted by Gasteiger charge is -2.07. The minimum atomic E-state index is 0.596. The van der Waals surface area contributed by atoms with E-state index in [1.807, 2.05) is 6.07 Å². The number of hydrogen-bond acceptors (Lipinski definition) is 1. The van der Waals surface area contributed by atoms with Crippen LogP contribution in [0.3, 0.4) is 0 Å². The molecule has 0 saturated heterocycles. The van der Waals surface area contributed by atoms with E-state index in [2.05, 4.69) is 41.4 Å². The summed E-state index contributed by atoms with van der Waals surface area (Å²) < 4.78 is 0. The minimum Gasteiger partial charge on any atom is -0.383 e. The number of nitrogens with two attached hydrogens (primary N) is 1. The molecule has 16 heavy (non-hydrogen) atoms. The molecule has 2 nitrogen and oxygen atoms in total. The third kappa shape index (κ3) is 1.10. The average molecular weight is 208 g/mol. The van der Waals surface area contributed by atoms with Crippen molar-refractivity contribution in [3.05, 3.63) is 47.0 Å². The van der Waals surface area contributed by atoms with E-state index in [4.69, 9.17) is 5.73 Å². The molecule has 2 aromatic rings. The molecule has 0 aliphatic heterocycles. The quantitative estimate of drug-likeness (QED) is 0.484. The van der Waals surface area contributed by atoms with Gasteiger partial charge >= 0.3 is 0 Å². The van der Waals surface area contributed by atoms with Crippen LogP contribution in [-0.2, 0) is 0 Å². The first-order valence-electron chi connectivity index (χ1n) is 5.27. The molecule has 0 unspecified atom stereocenters. The highest BCUT2D eigenvalue weighted by Gasteiger charge is 2.13. The normalized spacial score (nSPS) is 13.7. The first-order chi connectivity index (χ1) is 7.81. The predicted octanol–water partition coefficient (Wildman–Crippen LogP) is 2.66. The first-order valence-corrected chi connectivity index (χ1v) is 5.27. The highest BCUT2D eigenvalue weighted by Crippen LogP contribution is 2.33. The van der Waals surface area contributed by atoms with Gasteiger partial charge in [0.25, 0.3) is 0 Å². The lowest BCUT2D eigenvalue weighted by atomic mass is 9.99. The molecule has 0 saturated carbocycles. The van der Waals surface area contributed by atoms with E-state index in [-0.39, 0.29) is 0 Å². The van der Waals surface area contributed by atoms with Crippen LogP contribution in [0.1, 0.15) is 16.7 Å². The summed E-state index contributed by atoms with van der Waals surface area (Å²) in [5.74, 6) is 0.596. The van der Waals surface area contributed by atoms with Gasteiger partial charge in [-0.05, 0) is 21.9 Å². The maximum atomic E-state index is 5.90. The minimum absolute atomic E-state index is 0.596. The van der Waals surface area contributed by atoms with Crippen molar-refractivity contribution < 1.29 is 0 Å². The van der Waals surface area contributed by atoms with Crippen LogP contribution in [0.15, 0.2) is 35.3 Å². The number of rotatable bonds is 1. The second-order valence-electron chi connectivity index (χ2n) is 3.91. The third-order valence-corrected chi connectivity index (χ3v) is 3.06. The molecule has 2 heteroatoms. The lowest BCUT2D eigenvalue weighted by molar-refractivity contribution is 1.39. The zero-order valence-corrected chi connectivity index (χ0v) is 9.07. The largest absolute Gasteiger partial charge is 0.383 e. The maximum Gasteiger partial charge on any atom is 0.125 e. The zero-order valence-electron chi connectivity index (χ0n) is 9.07. The monoisotopic (exact) mass is 208 g/mol. The Morgan fingerprint density at radius 3 is 2.81 bits per heavy atom. The molecule has 0 fully saturated rings. The van der Waals surface area contributed by atoms with E-state index < -0.39 is 0 Å². The van der Waals surface area contributed by atoms with Gasteiger partial charge in [-0.1, -0.05) is 42.5 Å². The molecular weight excluding hydrogens is 196 g/mol. The summed E-state index contributed by atoms with van der Waals surface area (Å²) in [6.45, 7) is 0. The van der Waals surface area contributed by atoms with Gasteiger partial charge in [0.1, 0.15) is 5.84 Å². The van der Waals surface area contributed by atoms with Crippen LogP contribution in [0.4, 0.5) is 0 Å². The van der Waals surface area contributed by atoms with Gasteiger partial charge in [0.2, 0.25) is 0 Å². The van der Waals surface area contributed by atoms with Crippen molar-refractivity contribution in [2.24, 2.45) is 10.7 Å². The van der Waals surface area contributed by atoms with Gasteiger partial charge in [0, 0.05) is 12.6 Å². The molecule has 0 radical (unpaired) electrons. The Hall–Kier alpha value is -2.09. The van der Waals surface area contributed by atoms with Crippen molar-refractivity contribution in [3.8, 4) is 0 Å². The van der Waals surface area contributed by atoms with Crippen molar-refractivity contribution in [1.29, 1.82) is 0 Å². The molecule has 1 aliphatic carbocycles. The molecule has 0 amide bonds. The van der Waals surface area contributed by atoms with Gasteiger partial charge in [0.15, 0.2) is 0 Å². The Morgan fingerprint density at radius 1 is 1.12 bits per heavy atom. The molecule has 0 aromatic heterocycles. The van der Waals surface area contributed by atoms with Crippen LogP contribution in [0.25, 0.3) is 22.9 Å². The van der Waals surface area contributed by atoms with Crippen LogP contribution >= 0.6 is 0 Å². The fraction of sp³-hybridized carbons (Fsp3) is 0.0714. The predicted molar refractivity (Wildman–Crippen MR) is 69.5 cm³/mol. The number of benzene rings is 2. The molecule has 1 aliphatic rings. The topological polar surface area (TPSA) is 38.4 Å². The third-order valence-electron chi connectivity index (χ3n) is 3.06. The number of amidine groups is 1. The molecule has 78 valence electrons. The highest BCUT2D eigenvalue weighted by molar-refractivity contribution is 6.13. The van der Waals surface area contributed by atoms with E-state index >= 15 is 0 Å². The second kappa shape index (κ2) is 3.20. The van der Waals surface area contributed by atoms with Crippen molar-refractivity contribution in [2.45, 2.75) is 0 Å². The number of nitrogens with zero attached hydrogens (tertiary/aromatic N) is 1. The Kier molecular flexibility index (Phi) is 1.83. The van der Waals surface area contributed by atoms with Gasteiger partial charge in [0.05, 0.1) is 0 Å². The molecule has 0 heterocycles. The first kappa shape index (κ1) is 9.16. The smallest absolute Gasteiger partial charge is 0.125 e. The van der Waals surface area contributed by atoms with E-state index in [1.54, 1.807) is 7.05 Å². The molecule has 2 N–H and O–H groups in total. The molecule has 0 atom stereocenters. The molecule has 2 aromatic carbocycles. The number of hydrogen-bond donors (Lipinski definition) is 1. The van der Waals surface area contributed by atoms with Gasteiger partial charge in [-0.25, -0.2) is 0 Å². The Labute approximate surface area is 94.1 Å². The zero-order chi connectivity index (χ0) is 11.1. The Balaban J connectivity index is 2.43. The van der Waals surface area contributed by atoms with Gasteiger partial charge in [-0.15, -0.1) is 0 Å². The van der Waals surface area contributed by atoms with Gasteiger partial charge < -0.3 is 5.73 Å². The van der Waals surface area contributed by atoms with Gasteiger partial charge in [-0.3, -0.25) is 4.99 Å². The lowest BCUT2D eigenvalue weighted by Crippen LogP contribution is -2.14. The Morgan fingerprint density at radius 2 is 2.00 bits per heavy atom. The molecule has 0 spiro atoms. The summed E-state index contributed by atoms with van der Waals surface area (Å²) in [7, 11) is 1.72.